The zero-order chi connectivity index (χ0) is 12.3. The Balaban J connectivity index is 1.98. The summed E-state index contributed by atoms with van der Waals surface area (Å²) in [6.45, 7) is 2.32. The third-order valence-corrected chi connectivity index (χ3v) is 2.81. The van der Waals surface area contributed by atoms with Gasteiger partial charge < -0.3 is 14.8 Å². The number of halogens is 1. The molecule has 0 aliphatic carbocycles. The Kier molecular flexibility index (Phi) is 3.81. The summed E-state index contributed by atoms with van der Waals surface area (Å²) in [6.07, 6.45) is 2.59. The van der Waals surface area contributed by atoms with Gasteiger partial charge in [0.2, 0.25) is 0 Å². The lowest BCUT2D eigenvalue weighted by atomic mass is 10.2. The Morgan fingerprint density at radius 1 is 1.59 bits per heavy atom. The fraction of sp³-hybridized carbons (Fsp3) is 0.250. The first-order valence-electron chi connectivity index (χ1n) is 5.24. The Morgan fingerprint density at radius 2 is 2.41 bits per heavy atom. The monoisotopic (exact) mass is 296 g/mol. The largest absolute Gasteiger partial charge is 0.467 e. The van der Waals surface area contributed by atoms with Crippen LogP contribution in [0.3, 0.4) is 0 Å². The van der Waals surface area contributed by atoms with Gasteiger partial charge in [-0.3, -0.25) is 0 Å². The SMILES string of the molecule is Cc1cc(Br)cnc1NCC(O)c1ccco1. The minimum absolute atomic E-state index is 0.364. The quantitative estimate of drug-likeness (QED) is 0.911. The smallest absolute Gasteiger partial charge is 0.134 e. The first-order chi connectivity index (χ1) is 8.16. The molecule has 1 unspecified atom stereocenters. The molecule has 5 heteroatoms. The molecule has 0 aliphatic rings. The summed E-state index contributed by atoms with van der Waals surface area (Å²) in [5.74, 6) is 1.31. The number of nitrogens with zero attached hydrogens (tertiary/aromatic N) is 1. The number of nitrogens with one attached hydrogen (secondary N) is 1. The zero-order valence-corrected chi connectivity index (χ0v) is 10.9. The number of aromatic nitrogens is 1. The molecule has 0 amide bonds. The average Bonchev–Trinajstić information content (AvgIpc) is 2.81. The molecule has 2 aromatic rings. The van der Waals surface area contributed by atoms with Crippen LogP contribution in [-0.2, 0) is 0 Å². The minimum Gasteiger partial charge on any atom is -0.467 e. The van der Waals surface area contributed by atoms with E-state index in [4.69, 9.17) is 4.42 Å². The molecule has 2 heterocycles. The van der Waals surface area contributed by atoms with Crippen LogP contribution < -0.4 is 5.32 Å². The summed E-state index contributed by atoms with van der Waals surface area (Å²) in [6, 6.07) is 5.46. The summed E-state index contributed by atoms with van der Waals surface area (Å²) in [7, 11) is 0. The van der Waals surface area contributed by atoms with E-state index >= 15 is 0 Å². The number of anilines is 1. The van der Waals surface area contributed by atoms with Gasteiger partial charge in [-0.2, -0.15) is 0 Å². The van der Waals surface area contributed by atoms with Crippen molar-refractivity contribution in [3.05, 3.63) is 46.5 Å². The van der Waals surface area contributed by atoms with Gasteiger partial charge in [-0.05, 0) is 46.6 Å². The second-order valence-electron chi connectivity index (χ2n) is 3.73. The Morgan fingerprint density at radius 3 is 3.06 bits per heavy atom. The number of hydrogen-bond donors (Lipinski definition) is 2. The maximum atomic E-state index is 9.82. The lowest BCUT2D eigenvalue weighted by molar-refractivity contribution is 0.162. The molecular formula is C12H13BrN2O2. The molecule has 0 aromatic carbocycles. The summed E-state index contributed by atoms with van der Waals surface area (Å²) in [5.41, 5.74) is 1.02. The Labute approximate surface area is 108 Å². The highest BCUT2D eigenvalue weighted by atomic mass is 79.9. The normalized spacial score (nSPS) is 12.4. The number of pyridine rings is 1. The second-order valence-corrected chi connectivity index (χ2v) is 4.65. The fourth-order valence-electron chi connectivity index (χ4n) is 1.50. The molecule has 2 rings (SSSR count). The van der Waals surface area contributed by atoms with Gasteiger partial charge in [-0.15, -0.1) is 0 Å². The van der Waals surface area contributed by atoms with E-state index in [0.29, 0.717) is 12.3 Å². The van der Waals surface area contributed by atoms with Crippen LogP contribution in [0.25, 0.3) is 0 Å². The molecule has 1 atom stereocenters. The van der Waals surface area contributed by atoms with Crippen molar-refractivity contribution in [2.24, 2.45) is 0 Å². The van der Waals surface area contributed by atoms with Crippen LogP contribution >= 0.6 is 15.9 Å². The first-order valence-corrected chi connectivity index (χ1v) is 6.03. The minimum atomic E-state index is -0.671. The maximum Gasteiger partial charge on any atom is 0.134 e. The molecule has 4 nitrogen and oxygen atoms in total. The predicted octanol–water partition coefficient (Wildman–Crippen LogP) is 2.89. The number of aliphatic hydroxyl groups excluding tert-OH is 1. The third-order valence-electron chi connectivity index (χ3n) is 2.38. The van der Waals surface area contributed by atoms with Crippen LogP contribution in [0.15, 0.2) is 39.5 Å². The number of hydrogen-bond acceptors (Lipinski definition) is 4. The van der Waals surface area contributed by atoms with E-state index in [2.05, 4.69) is 26.2 Å². The highest BCUT2D eigenvalue weighted by molar-refractivity contribution is 9.10. The summed E-state index contributed by atoms with van der Waals surface area (Å²) in [4.78, 5) is 4.23. The van der Waals surface area contributed by atoms with Crippen LogP contribution in [0.2, 0.25) is 0 Å². The van der Waals surface area contributed by atoms with Crippen LogP contribution in [0.4, 0.5) is 5.82 Å². The predicted molar refractivity (Wildman–Crippen MR) is 68.8 cm³/mol. The number of aliphatic hydroxyl groups is 1. The Hall–Kier alpha value is -1.33. The van der Waals surface area contributed by atoms with Gasteiger partial charge in [0.05, 0.1) is 6.26 Å². The van der Waals surface area contributed by atoms with E-state index < -0.39 is 6.10 Å². The lowest BCUT2D eigenvalue weighted by Gasteiger charge is -2.11. The van der Waals surface area contributed by atoms with E-state index in [1.54, 1.807) is 24.6 Å². The van der Waals surface area contributed by atoms with Crippen LogP contribution in [0.1, 0.15) is 17.4 Å². The van der Waals surface area contributed by atoms with E-state index in [9.17, 15) is 5.11 Å². The van der Waals surface area contributed by atoms with Crippen molar-refractivity contribution in [1.82, 2.24) is 4.98 Å². The molecule has 0 spiro atoms. The van der Waals surface area contributed by atoms with Gasteiger partial charge in [-0.1, -0.05) is 0 Å². The summed E-state index contributed by atoms with van der Waals surface area (Å²) in [5, 5.41) is 12.9. The first kappa shape index (κ1) is 12.1. The molecule has 0 fully saturated rings. The van der Waals surface area contributed by atoms with Gasteiger partial charge in [0.1, 0.15) is 17.7 Å². The molecule has 17 heavy (non-hydrogen) atoms. The van der Waals surface area contributed by atoms with Crippen molar-refractivity contribution < 1.29 is 9.52 Å². The van der Waals surface area contributed by atoms with Crippen LogP contribution in [-0.4, -0.2) is 16.6 Å². The van der Waals surface area contributed by atoms with Crippen molar-refractivity contribution >= 4 is 21.7 Å². The topological polar surface area (TPSA) is 58.3 Å². The molecule has 2 aromatic heterocycles. The van der Waals surface area contributed by atoms with Crippen LogP contribution in [0.5, 0.6) is 0 Å². The van der Waals surface area contributed by atoms with Crippen molar-refractivity contribution in [2.75, 3.05) is 11.9 Å². The second kappa shape index (κ2) is 5.33. The van der Waals surface area contributed by atoms with E-state index in [-0.39, 0.29) is 0 Å². The van der Waals surface area contributed by atoms with Crippen LogP contribution in [0, 0.1) is 6.92 Å². The molecule has 0 saturated heterocycles. The molecule has 0 aliphatic heterocycles. The molecule has 0 bridgehead atoms. The number of rotatable bonds is 4. The summed E-state index contributed by atoms with van der Waals surface area (Å²) < 4.78 is 6.05. The molecule has 90 valence electrons. The number of aryl methyl sites for hydroxylation is 1. The van der Waals surface area contributed by atoms with Crippen molar-refractivity contribution in [3.63, 3.8) is 0 Å². The van der Waals surface area contributed by atoms with Gasteiger partial charge in [0, 0.05) is 17.2 Å². The molecule has 0 saturated carbocycles. The van der Waals surface area contributed by atoms with Gasteiger partial charge in [0.15, 0.2) is 0 Å². The van der Waals surface area contributed by atoms with Crippen molar-refractivity contribution in [2.45, 2.75) is 13.0 Å². The molecular weight excluding hydrogens is 284 g/mol. The van der Waals surface area contributed by atoms with Crippen molar-refractivity contribution in [3.8, 4) is 0 Å². The maximum absolute atomic E-state index is 9.82. The van der Waals surface area contributed by atoms with Gasteiger partial charge in [-0.25, -0.2) is 4.98 Å². The van der Waals surface area contributed by atoms with E-state index in [0.717, 1.165) is 15.9 Å². The standard InChI is InChI=1S/C12H13BrN2O2/c1-8-5-9(13)6-14-12(8)15-7-10(16)11-3-2-4-17-11/h2-6,10,16H,7H2,1H3,(H,14,15). The highest BCUT2D eigenvalue weighted by Crippen LogP contribution is 2.18. The highest BCUT2D eigenvalue weighted by Gasteiger charge is 2.10. The van der Waals surface area contributed by atoms with E-state index in [1.807, 2.05) is 13.0 Å². The average molecular weight is 297 g/mol. The van der Waals surface area contributed by atoms with E-state index in [1.165, 1.54) is 0 Å². The lowest BCUT2D eigenvalue weighted by Crippen LogP contribution is -2.13. The fourth-order valence-corrected chi connectivity index (χ4v) is 1.95. The summed E-state index contributed by atoms with van der Waals surface area (Å²) >= 11 is 3.35. The molecule has 0 radical (unpaired) electrons. The van der Waals surface area contributed by atoms with Crippen molar-refractivity contribution in [1.29, 1.82) is 0 Å². The zero-order valence-electron chi connectivity index (χ0n) is 9.35. The van der Waals surface area contributed by atoms with Gasteiger partial charge >= 0.3 is 0 Å². The molecule has 2 N–H and O–H groups in total. The third kappa shape index (κ3) is 3.08. The Bertz CT molecular complexity index is 485. The van der Waals surface area contributed by atoms with Gasteiger partial charge in [0.25, 0.3) is 0 Å². The number of furan rings is 1.